The molecule has 2 aromatic rings. The first-order valence-electron chi connectivity index (χ1n) is 13.9. The third-order valence-corrected chi connectivity index (χ3v) is 7.85. The van der Waals surface area contributed by atoms with Crippen LogP contribution in [-0.2, 0) is 6.42 Å². The van der Waals surface area contributed by atoms with Crippen molar-refractivity contribution in [2.75, 3.05) is 20.1 Å². The van der Waals surface area contributed by atoms with Crippen molar-refractivity contribution in [3.63, 3.8) is 0 Å². The Kier molecular flexibility index (Phi) is 11.3. The van der Waals surface area contributed by atoms with Gasteiger partial charge in [0, 0.05) is 54.1 Å². The summed E-state index contributed by atoms with van der Waals surface area (Å²) in [5, 5.41) is 5.79. The number of ketones is 1. The number of hydrogen-bond donors (Lipinski definition) is 1. The van der Waals surface area contributed by atoms with Gasteiger partial charge in [0.1, 0.15) is 0 Å². The van der Waals surface area contributed by atoms with Crippen LogP contribution in [0.5, 0.6) is 0 Å². The Morgan fingerprint density at radius 3 is 2.49 bits per heavy atom. The molecule has 1 unspecified atom stereocenters. The van der Waals surface area contributed by atoms with Gasteiger partial charge >= 0.3 is 0 Å². The average Bonchev–Trinajstić information content (AvgIpc) is 2.84. The maximum atomic E-state index is 13.0. The summed E-state index contributed by atoms with van der Waals surface area (Å²) in [6.07, 6.45) is 11.3. The fraction of sp³-hybridized carbons (Fsp3) is 0.500. The summed E-state index contributed by atoms with van der Waals surface area (Å²) in [5.41, 5.74) is 2.55. The van der Waals surface area contributed by atoms with Gasteiger partial charge in [-0.3, -0.25) is 9.59 Å². The monoisotopic (exact) mass is 522 g/mol. The molecule has 0 aromatic heterocycles. The minimum atomic E-state index is 0.0234. The zero-order valence-corrected chi connectivity index (χ0v) is 23.6. The number of nitrogens with zero attached hydrogens (tertiary/aromatic N) is 1. The SMILES string of the molecule is C=c1ccc(C(=O)NCC2CCC2)c(CC)/c1=C/N(C)CC(CCC)CCCC(=O)c1ccc(Cl)cc1. The topological polar surface area (TPSA) is 49.4 Å². The highest BCUT2D eigenvalue weighted by atomic mass is 35.5. The second kappa shape index (κ2) is 14.4. The number of carbonyl (C=O) groups is 2. The number of nitrogens with one attached hydrogen (secondary N) is 1. The predicted molar refractivity (Wildman–Crippen MR) is 155 cm³/mol. The van der Waals surface area contributed by atoms with E-state index in [1.807, 2.05) is 12.1 Å². The number of carbonyl (C=O) groups excluding carboxylic acids is 2. The standard InChI is InChI=1S/C32H43ClN2O2/c1-5-9-25(12-8-13-31(36)26-15-17-27(33)18-16-26)21-35(4)22-30-23(3)14-19-29(28(30)6-2)32(37)34-20-24-10-7-11-24/h14-19,22,24-25H,3,5-13,20-21H2,1-2,4H3,(H,34,37)/b30-22+. The van der Waals surface area contributed by atoms with Gasteiger partial charge in [0.25, 0.3) is 5.91 Å². The van der Waals surface area contributed by atoms with E-state index >= 15 is 0 Å². The van der Waals surface area contributed by atoms with Crippen molar-refractivity contribution < 1.29 is 9.59 Å². The largest absolute Gasteiger partial charge is 0.380 e. The summed E-state index contributed by atoms with van der Waals surface area (Å²) in [5.74, 6) is 1.33. The van der Waals surface area contributed by atoms with Crippen molar-refractivity contribution in [3.8, 4) is 0 Å². The van der Waals surface area contributed by atoms with Gasteiger partial charge in [-0.25, -0.2) is 0 Å². The van der Waals surface area contributed by atoms with E-state index in [1.54, 1.807) is 24.3 Å². The molecule has 1 atom stereocenters. The molecule has 4 nitrogen and oxygen atoms in total. The highest BCUT2D eigenvalue weighted by Crippen LogP contribution is 2.25. The molecule has 1 aliphatic rings. The van der Waals surface area contributed by atoms with E-state index in [0.717, 1.165) is 72.3 Å². The predicted octanol–water partition coefficient (Wildman–Crippen LogP) is 5.98. The van der Waals surface area contributed by atoms with Gasteiger partial charge in [0.2, 0.25) is 0 Å². The molecule has 0 spiro atoms. The first-order chi connectivity index (χ1) is 17.8. The second-order valence-corrected chi connectivity index (χ2v) is 11.0. The molecule has 5 heteroatoms. The van der Waals surface area contributed by atoms with Crippen LogP contribution >= 0.6 is 11.6 Å². The maximum absolute atomic E-state index is 13.0. The van der Waals surface area contributed by atoms with E-state index in [2.05, 4.69) is 43.9 Å². The van der Waals surface area contributed by atoms with Gasteiger partial charge in [-0.05, 0) is 91.5 Å². The van der Waals surface area contributed by atoms with Gasteiger partial charge in [0.05, 0.1) is 0 Å². The van der Waals surface area contributed by atoms with E-state index in [-0.39, 0.29) is 11.7 Å². The summed E-state index contributed by atoms with van der Waals surface area (Å²) < 4.78 is 0. The zero-order chi connectivity index (χ0) is 26.8. The van der Waals surface area contributed by atoms with Crippen LogP contribution in [0.1, 0.15) is 91.5 Å². The molecule has 200 valence electrons. The number of hydrogen-bond acceptors (Lipinski definition) is 3. The summed E-state index contributed by atoms with van der Waals surface area (Å²) in [6.45, 7) is 10.3. The number of halogens is 1. The van der Waals surface area contributed by atoms with Crippen LogP contribution in [0, 0.1) is 11.8 Å². The molecule has 2 aromatic carbocycles. The fourth-order valence-electron chi connectivity index (χ4n) is 5.24. The molecule has 1 aliphatic carbocycles. The van der Waals surface area contributed by atoms with Gasteiger partial charge in [-0.15, -0.1) is 0 Å². The molecule has 1 amide bonds. The van der Waals surface area contributed by atoms with Crippen LogP contribution in [0.2, 0.25) is 5.02 Å². The lowest BCUT2D eigenvalue weighted by atomic mass is 9.85. The Bertz CT molecular complexity index is 1150. The lowest BCUT2D eigenvalue weighted by Gasteiger charge is -2.25. The molecule has 0 bridgehead atoms. The van der Waals surface area contributed by atoms with Crippen LogP contribution in [0.25, 0.3) is 12.8 Å². The molecule has 0 radical (unpaired) electrons. The third-order valence-electron chi connectivity index (χ3n) is 7.60. The van der Waals surface area contributed by atoms with Crippen molar-refractivity contribution in [1.29, 1.82) is 0 Å². The molecular formula is C32H43ClN2O2. The molecule has 1 fully saturated rings. The summed E-state index contributed by atoms with van der Waals surface area (Å²) in [6, 6.07) is 11.0. The lowest BCUT2D eigenvalue weighted by Crippen LogP contribution is -2.37. The smallest absolute Gasteiger partial charge is 0.251 e. The van der Waals surface area contributed by atoms with Gasteiger partial charge in [-0.1, -0.05) is 50.9 Å². The van der Waals surface area contributed by atoms with Crippen LogP contribution in [0.3, 0.4) is 0 Å². The molecular weight excluding hydrogens is 480 g/mol. The Morgan fingerprint density at radius 2 is 1.86 bits per heavy atom. The number of benzene rings is 2. The van der Waals surface area contributed by atoms with Crippen molar-refractivity contribution in [2.24, 2.45) is 11.8 Å². The Balaban J connectivity index is 1.65. The van der Waals surface area contributed by atoms with E-state index < -0.39 is 0 Å². The van der Waals surface area contributed by atoms with Gasteiger partial charge in [-0.2, -0.15) is 0 Å². The lowest BCUT2D eigenvalue weighted by molar-refractivity contribution is 0.0936. The van der Waals surface area contributed by atoms with Gasteiger partial charge < -0.3 is 10.2 Å². The normalized spacial score (nSPS) is 14.8. The fourth-order valence-corrected chi connectivity index (χ4v) is 5.37. The van der Waals surface area contributed by atoms with Crippen molar-refractivity contribution in [1.82, 2.24) is 10.2 Å². The number of rotatable bonds is 14. The molecule has 1 saturated carbocycles. The van der Waals surface area contributed by atoms with Crippen LogP contribution in [-0.4, -0.2) is 36.7 Å². The van der Waals surface area contributed by atoms with Crippen LogP contribution < -0.4 is 15.8 Å². The Morgan fingerprint density at radius 1 is 1.14 bits per heavy atom. The van der Waals surface area contributed by atoms with Crippen molar-refractivity contribution in [2.45, 2.75) is 71.6 Å². The molecule has 37 heavy (non-hydrogen) atoms. The zero-order valence-electron chi connectivity index (χ0n) is 22.8. The molecule has 3 rings (SSSR count). The quantitative estimate of drug-likeness (QED) is 0.310. The first kappa shape index (κ1) is 29.0. The van der Waals surface area contributed by atoms with Crippen LogP contribution in [0.4, 0.5) is 0 Å². The molecule has 0 heterocycles. The van der Waals surface area contributed by atoms with Crippen molar-refractivity contribution in [3.05, 3.63) is 68.5 Å². The Labute approximate surface area is 227 Å². The number of amides is 1. The molecule has 1 N–H and O–H groups in total. The molecule has 0 saturated heterocycles. The molecule has 0 aliphatic heterocycles. The highest BCUT2D eigenvalue weighted by molar-refractivity contribution is 6.30. The van der Waals surface area contributed by atoms with E-state index in [1.165, 1.54) is 19.3 Å². The maximum Gasteiger partial charge on any atom is 0.251 e. The summed E-state index contributed by atoms with van der Waals surface area (Å²) in [4.78, 5) is 27.8. The second-order valence-electron chi connectivity index (χ2n) is 10.6. The average molecular weight is 523 g/mol. The van der Waals surface area contributed by atoms with E-state index in [4.69, 9.17) is 11.6 Å². The minimum Gasteiger partial charge on any atom is -0.380 e. The summed E-state index contributed by atoms with van der Waals surface area (Å²) >= 11 is 5.95. The Hall–Kier alpha value is -2.59. The van der Waals surface area contributed by atoms with Gasteiger partial charge in [0.15, 0.2) is 5.78 Å². The van der Waals surface area contributed by atoms with Crippen molar-refractivity contribution >= 4 is 36.1 Å². The highest BCUT2D eigenvalue weighted by Gasteiger charge is 2.19. The first-order valence-corrected chi connectivity index (χ1v) is 14.3. The van der Waals surface area contributed by atoms with Crippen LogP contribution in [0.15, 0.2) is 36.4 Å². The van der Waals surface area contributed by atoms with E-state index in [0.29, 0.717) is 23.3 Å². The minimum absolute atomic E-state index is 0.0234. The number of Topliss-reactive ketones (excluding diaryl/α,β-unsaturated/α-hetero) is 1. The summed E-state index contributed by atoms with van der Waals surface area (Å²) in [7, 11) is 2.10. The third kappa shape index (κ3) is 8.46. The van der Waals surface area contributed by atoms with E-state index in [9.17, 15) is 9.59 Å².